The molecule has 1 N–H and O–H groups in total. The molecule has 3 aromatic carbocycles. The first-order valence-electron chi connectivity index (χ1n) is 8.32. The van der Waals surface area contributed by atoms with Crippen LogP contribution in [0.5, 0.6) is 0 Å². The van der Waals surface area contributed by atoms with Crippen LogP contribution >= 0.6 is 0 Å². The third kappa shape index (κ3) is 2.93. The van der Waals surface area contributed by atoms with Crippen LogP contribution in [-0.4, -0.2) is 11.5 Å². The van der Waals surface area contributed by atoms with E-state index in [-0.39, 0.29) is 0 Å². The molecule has 0 fully saturated rings. The van der Waals surface area contributed by atoms with Crippen LogP contribution < -0.4 is 5.32 Å². The molecule has 1 heterocycles. The molecule has 2 nitrogen and oxygen atoms in total. The minimum Gasteiger partial charge on any atom is -0.374 e. The minimum atomic E-state index is 0.509. The van der Waals surface area contributed by atoms with Crippen LogP contribution in [-0.2, 0) is 0 Å². The molecule has 0 spiro atoms. The molecule has 0 aliphatic rings. The molecule has 0 amide bonds. The lowest BCUT2D eigenvalue weighted by Crippen LogP contribution is -1.98. The normalized spacial score (nSPS) is 10.7. The Labute approximate surface area is 147 Å². The molecule has 0 saturated carbocycles. The van der Waals surface area contributed by atoms with Gasteiger partial charge >= 0.3 is 0 Å². The zero-order chi connectivity index (χ0) is 17.2. The van der Waals surface area contributed by atoms with Gasteiger partial charge in [0.15, 0.2) is 0 Å². The molecular weight excluding hydrogens is 304 g/mol. The van der Waals surface area contributed by atoms with Crippen LogP contribution in [0, 0.1) is 19.3 Å². The molecule has 0 aliphatic heterocycles. The number of fused-ring (bicyclic) bond motifs is 2. The largest absolute Gasteiger partial charge is 0.374 e. The van der Waals surface area contributed by atoms with Gasteiger partial charge in [0.25, 0.3) is 0 Å². The average molecular weight is 322 g/mol. The van der Waals surface area contributed by atoms with Crippen LogP contribution in [0.15, 0.2) is 66.7 Å². The van der Waals surface area contributed by atoms with Gasteiger partial charge in [0.05, 0.1) is 17.8 Å². The van der Waals surface area contributed by atoms with E-state index < -0.39 is 0 Å². The van der Waals surface area contributed by atoms with E-state index in [1.54, 1.807) is 0 Å². The molecule has 0 radical (unpaired) electrons. The molecule has 0 atom stereocenters. The van der Waals surface area contributed by atoms with E-state index in [0.717, 1.165) is 27.8 Å². The van der Waals surface area contributed by atoms with Gasteiger partial charge in [-0.25, -0.2) is 4.98 Å². The lowest BCUT2D eigenvalue weighted by atomic mass is 10.0. The number of anilines is 1. The number of benzene rings is 3. The van der Waals surface area contributed by atoms with Crippen molar-refractivity contribution >= 4 is 27.4 Å². The van der Waals surface area contributed by atoms with E-state index in [1.165, 1.54) is 16.3 Å². The molecule has 4 aromatic rings. The summed E-state index contributed by atoms with van der Waals surface area (Å²) in [6, 6.07) is 23.3. The fourth-order valence-corrected chi connectivity index (χ4v) is 3.16. The van der Waals surface area contributed by atoms with Gasteiger partial charge in [-0.05, 0) is 47.5 Å². The summed E-state index contributed by atoms with van der Waals surface area (Å²) in [6.07, 6.45) is 5.33. The second-order valence-corrected chi connectivity index (χ2v) is 6.18. The monoisotopic (exact) mass is 322 g/mol. The van der Waals surface area contributed by atoms with Gasteiger partial charge in [-0.3, -0.25) is 0 Å². The Bertz CT molecular complexity index is 1120. The highest BCUT2D eigenvalue weighted by molar-refractivity contribution is 5.90. The van der Waals surface area contributed by atoms with Crippen LogP contribution in [0.25, 0.3) is 32.9 Å². The van der Waals surface area contributed by atoms with Gasteiger partial charge in [0, 0.05) is 16.6 Å². The molecule has 0 bridgehead atoms. The highest BCUT2D eigenvalue weighted by Crippen LogP contribution is 2.29. The molecule has 4 rings (SSSR count). The van der Waals surface area contributed by atoms with Gasteiger partial charge in [-0.2, -0.15) is 0 Å². The summed E-state index contributed by atoms with van der Waals surface area (Å²) in [6.45, 7) is 2.62. The Morgan fingerprint density at radius 3 is 2.56 bits per heavy atom. The average Bonchev–Trinajstić information content (AvgIpc) is 2.65. The SMILES string of the molecule is C#CCNc1ccc2cc(C)c(-c3ccc4ccccc4c3)nc2c1. The smallest absolute Gasteiger partial charge is 0.0763 e. The number of rotatable bonds is 3. The van der Waals surface area contributed by atoms with E-state index >= 15 is 0 Å². The van der Waals surface area contributed by atoms with Gasteiger partial charge in [-0.15, -0.1) is 6.42 Å². The molecule has 0 saturated heterocycles. The van der Waals surface area contributed by atoms with Crippen molar-refractivity contribution in [2.24, 2.45) is 0 Å². The van der Waals surface area contributed by atoms with Gasteiger partial charge < -0.3 is 5.32 Å². The van der Waals surface area contributed by atoms with Crippen molar-refractivity contribution in [3.8, 4) is 23.6 Å². The summed E-state index contributed by atoms with van der Waals surface area (Å²) in [4.78, 5) is 4.93. The number of hydrogen-bond donors (Lipinski definition) is 1. The topological polar surface area (TPSA) is 24.9 Å². The van der Waals surface area contributed by atoms with E-state index in [0.29, 0.717) is 6.54 Å². The first kappa shape index (κ1) is 15.2. The Kier molecular flexibility index (Phi) is 3.84. The highest BCUT2D eigenvalue weighted by Gasteiger charge is 2.08. The maximum Gasteiger partial charge on any atom is 0.0763 e. The molecule has 0 unspecified atom stereocenters. The zero-order valence-electron chi connectivity index (χ0n) is 14.1. The molecule has 120 valence electrons. The first-order chi connectivity index (χ1) is 12.2. The van der Waals surface area contributed by atoms with Gasteiger partial charge in [-0.1, -0.05) is 48.4 Å². The number of pyridine rings is 1. The number of aromatic nitrogens is 1. The number of nitrogens with zero attached hydrogens (tertiary/aromatic N) is 1. The van der Waals surface area contributed by atoms with Crippen molar-refractivity contribution in [1.82, 2.24) is 4.98 Å². The summed E-state index contributed by atoms with van der Waals surface area (Å²) in [5.74, 6) is 2.60. The van der Waals surface area contributed by atoms with Gasteiger partial charge in [0.1, 0.15) is 0 Å². The lowest BCUT2D eigenvalue weighted by molar-refractivity contribution is 1.32. The van der Waals surface area contributed by atoms with Crippen LogP contribution in [0.1, 0.15) is 5.56 Å². The van der Waals surface area contributed by atoms with Crippen molar-refractivity contribution in [2.45, 2.75) is 6.92 Å². The van der Waals surface area contributed by atoms with Crippen molar-refractivity contribution in [2.75, 3.05) is 11.9 Å². The molecule has 0 aliphatic carbocycles. The molecular formula is C23H18N2. The van der Waals surface area contributed by atoms with E-state index in [9.17, 15) is 0 Å². The van der Waals surface area contributed by atoms with E-state index in [4.69, 9.17) is 11.4 Å². The van der Waals surface area contributed by atoms with Crippen LogP contribution in [0.4, 0.5) is 5.69 Å². The lowest BCUT2D eigenvalue weighted by Gasteiger charge is -2.10. The van der Waals surface area contributed by atoms with Crippen molar-refractivity contribution in [3.05, 3.63) is 72.3 Å². The number of aryl methyl sites for hydroxylation is 1. The maximum atomic E-state index is 5.33. The van der Waals surface area contributed by atoms with Crippen molar-refractivity contribution in [1.29, 1.82) is 0 Å². The molecule has 1 aromatic heterocycles. The van der Waals surface area contributed by atoms with E-state index in [1.807, 2.05) is 6.07 Å². The number of nitrogens with one attached hydrogen (secondary N) is 1. The molecule has 25 heavy (non-hydrogen) atoms. The van der Waals surface area contributed by atoms with Gasteiger partial charge in [0.2, 0.25) is 0 Å². The van der Waals surface area contributed by atoms with Crippen LogP contribution in [0.3, 0.4) is 0 Å². The summed E-state index contributed by atoms with van der Waals surface area (Å²) in [7, 11) is 0. The Morgan fingerprint density at radius 1 is 0.920 bits per heavy atom. The standard InChI is InChI=1S/C23H18N2/c1-3-12-24-21-11-10-19-13-16(2)23(25-22(19)15-21)20-9-8-17-6-4-5-7-18(17)14-20/h1,4-11,13-15,24H,12H2,2H3. The second-order valence-electron chi connectivity index (χ2n) is 6.18. The van der Waals surface area contributed by atoms with E-state index in [2.05, 4.69) is 78.8 Å². The summed E-state index contributed by atoms with van der Waals surface area (Å²) >= 11 is 0. The van der Waals surface area contributed by atoms with Crippen LogP contribution in [0.2, 0.25) is 0 Å². The highest BCUT2D eigenvalue weighted by atomic mass is 14.9. The van der Waals surface area contributed by atoms with Crippen molar-refractivity contribution < 1.29 is 0 Å². The maximum absolute atomic E-state index is 5.33. The minimum absolute atomic E-state index is 0.509. The predicted molar refractivity (Wildman–Crippen MR) is 107 cm³/mol. The third-order valence-corrected chi connectivity index (χ3v) is 4.43. The first-order valence-corrected chi connectivity index (χ1v) is 8.32. The fraction of sp³-hybridized carbons (Fsp3) is 0.0870. The third-order valence-electron chi connectivity index (χ3n) is 4.43. The number of terminal acetylenes is 1. The van der Waals surface area contributed by atoms with Crippen molar-refractivity contribution in [3.63, 3.8) is 0 Å². The Balaban J connectivity index is 1.84. The summed E-state index contributed by atoms with van der Waals surface area (Å²) in [5.41, 5.74) is 5.29. The molecule has 2 heteroatoms. The zero-order valence-corrected chi connectivity index (χ0v) is 14.1. The Hall–Kier alpha value is -3.31. The Morgan fingerprint density at radius 2 is 1.72 bits per heavy atom. The predicted octanol–water partition coefficient (Wildman–Crippen LogP) is 5.41. The summed E-state index contributed by atoms with van der Waals surface area (Å²) < 4.78 is 0. The summed E-state index contributed by atoms with van der Waals surface area (Å²) in [5, 5.41) is 6.81. The second kappa shape index (κ2) is 6.30. The number of hydrogen-bond acceptors (Lipinski definition) is 2. The fourth-order valence-electron chi connectivity index (χ4n) is 3.16. The quantitative estimate of drug-likeness (QED) is 0.510.